The maximum absolute atomic E-state index is 5.28. The molecule has 5 aromatic rings. The first-order chi connectivity index (χ1) is 17.5. The van der Waals surface area contributed by atoms with E-state index in [1.54, 1.807) is 0 Å². The molecule has 0 bridgehead atoms. The Balaban J connectivity index is 1.49. The zero-order chi connectivity index (χ0) is 24.4. The Morgan fingerprint density at radius 3 is 1.06 bits per heavy atom. The van der Waals surface area contributed by atoms with Crippen LogP contribution in [0, 0.1) is 0 Å². The first-order valence-electron chi connectivity index (χ1n) is 12.6. The fourth-order valence-electron chi connectivity index (χ4n) is 5.87. The van der Waals surface area contributed by atoms with E-state index in [4.69, 9.17) is 15.0 Å². The Morgan fingerprint density at radius 2 is 0.750 bits per heavy atom. The van der Waals surface area contributed by atoms with Gasteiger partial charge in [0.1, 0.15) is 17.5 Å². The number of fused-ring (bicyclic) bond motifs is 6. The molecular weight excluding hydrogens is 438 g/mol. The van der Waals surface area contributed by atoms with Gasteiger partial charge in [0, 0.05) is 5.41 Å². The van der Waals surface area contributed by atoms with Crippen LogP contribution in [-0.2, 0) is 5.41 Å². The van der Waals surface area contributed by atoms with Crippen molar-refractivity contribution in [3.8, 4) is 22.3 Å². The van der Waals surface area contributed by atoms with Gasteiger partial charge < -0.3 is 0 Å². The molecule has 0 unspecified atom stereocenters. The smallest absolute Gasteiger partial charge is 0.144 e. The molecule has 7 rings (SSSR count). The summed E-state index contributed by atoms with van der Waals surface area (Å²) >= 11 is 0. The minimum absolute atomic E-state index is 0.00728. The molecule has 36 heavy (non-hydrogen) atoms. The third kappa shape index (κ3) is 3.09. The van der Waals surface area contributed by atoms with Crippen LogP contribution in [0.4, 0.5) is 0 Å². The number of nitrogens with zero attached hydrogens (tertiary/aromatic N) is 3. The van der Waals surface area contributed by atoms with E-state index < -0.39 is 0 Å². The zero-order valence-electron chi connectivity index (χ0n) is 20.7. The summed E-state index contributed by atoms with van der Waals surface area (Å²) in [5.74, 6) is 2.50. The highest BCUT2D eigenvalue weighted by atomic mass is 15.1. The average Bonchev–Trinajstić information content (AvgIpc) is 3.41. The molecule has 0 atom stereocenters. The second-order valence-corrected chi connectivity index (χ2v) is 10.8. The van der Waals surface area contributed by atoms with Crippen molar-refractivity contribution in [1.82, 2.24) is 15.0 Å². The van der Waals surface area contributed by atoms with Gasteiger partial charge in [-0.05, 0) is 44.5 Å². The second-order valence-electron chi connectivity index (χ2n) is 10.8. The van der Waals surface area contributed by atoms with Crippen LogP contribution in [0.15, 0.2) is 97.1 Å². The Kier molecular flexibility index (Phi) is 4.53. The molecule has 0 radical (unpaired) electrons. The molecule has 0 aliphatic heterocycles. The van der Waals surface area contributed by atoms with Gasteiger partial charge in [-0.1, -0.05) is 118 Å². The maximum atomic E-state index is 5.28. The molecule has 3 nitrogen and oxygen atoms in total. The van der Waals surface area contributed by atoms with Crippen molar-refractivity contribution in [2.75, 3.05) is 0 Å². The zero-order valence-corrected chi connectivity index (χ0v) is 20.7. The molecule has 2 aliphatic carbocycles. The predicted molar refractivity (Wildman–Crippen MR) is 144 cm³/mol. The standard InChI is InChI=1S/C33H27N3/c1-33(2,3)32-35-30(28-24-16-8-4-12-20(24)21-13-5-9-17-25(21)28)34-31(36-32)29-26-18-10-6-14-22(26)23-15-7-11-19-27(23)29/h4-19,28-29H,1-3H3. The van der Waals surface area contributed by atoms with E-state index >= 15 is 0 Å². The lowest BCUT2D eigenvalue weighted by atomic mass is 9.92. The van der Waals surface area contributed by atoms with Crippen molar-refractivity contribution in [3.05, 3.63) is 137 Å². The third-order valence-electron chi connectivity index (χ3n) is 7.52. The Labute approximate surface area is 211 Å². The highest BCUT2D eigenvalue weighted by molar-refractivity contribution is 5.81. The van der Waals surface area contributed by atoms with Crippen LogP contribution in [0.5, 0.6) is 0 Å². The maximum Gasteiger partial charge on any atom is 0.144 e. The molecule has 3 heteroatoms. The van der Waals surface area contributed by atoms with E-state index in [2.05, 4.69) is 118 Å². The van der Waals surface area contributed by atoms with Gasteiger partial charge in [0.25, 0.3) is 0 Å². The molecule has 2 aliphatic rings. The molecule has 0 fully saturated rings. The van der Waals surface area contributed by atoms with Crippen molar-refractivity contribution in [2.45, 2.75) is 38.0 Å². The van der Waals surface area contributed by atoms with Gasteiger partial charge in [0.2, 0.25) is 0 Å². The van der Waals surface area contributed by atoms with E-state index in [0.29, 0.717) is 0 Å². The summed E-state index contributed by atoms with van der Waals surface area (Å²) in [7, 11) is 0. The predicted octanol–water partition coefficient (Wildman–Crippen LogP) is 7.49. The monoisotopic (exact) mass is 465 g/mol. The fraction of sp³-hybridized carbons (Fsp3) is 0.182. The first kappa shape index (κ1) is 21.2. The van der Waals surface area contributed by atoms with E-state index in [1.807, 2.05) is 0 Å². The van der Waals surface area contributed by atoms with E-state index in [0.717, 1.165) is 17.5 Å². The van der Waals surface area contributed by atoms with Crippen LogP contribution >= 0.6 is 0 Å². The molecular formula is C33H27N3. The molecule has 0 saturated heterocycles. The van der Waals surface area contributed by atoms with Gasteiger partial charge in [0.15, 0.2) is 0 Å². The summed E-state index contributed by atoms with van der Waals surface area (Å²) in [6.45, 7) is 6.55. The van der Waals surface area contributed by atoms with E-state index in [1.165, 1.54) is 44.5 Å². The minimum atomic E-state index is -0.207. The molecule has 0 N–H and O–H groups in total. The van der Waals surface area contributed by atoms with Crippen molar-refractivity contribution >= 4 is 0 Å². The number of hydrogen-bond acceptors (Lipinski definition) is 3. The Bertz CT molecular complexity index is 1440. The summed E-state index contributed by atoms with van der Waals surface area (Å²) in [5.41, 5.74) is 9.95. The Hall–Kier alpha value is -4.11. The van der Waals surface area contributed by atoms with Crippen molar-refractivity contribution in [2.24, 2.45) is 0 Å². The number of aromatic nitrogens is 3. The lowest BCUT2D eigenvalue weighted by Gasteiger charge is -2.22. The third-order valence-corrected chi connectivity index (χ3v) is 7.52. The molecule has 1 aromatic heterocycles. The lowest BCUT2D eigenvalue weighted by Crippen LogP contribution is -2.22. The van der Waals surface area contributed by atoms with Gasteiger partial charge in [-0.3, -0.25) is 0 Å². The van der Waals surface area contributed by atoms with E-state index in [-0.39, 0.29) is 17.3 Å². The number of rotatable bonds is 2. The SMILES string of the molecule is CC(C)(C)c1nc(C2c3ccccc3-c3ccccc32)nc(C2c3ccccc3-c3ccccc32)n1. The van der Waals surface area contributed by atoms with Gasteiger partial charge >= 0.3 is 0 Å². The van der Waals surface area contributed by atoms with E-state index in [9.17, 15) is 0 Å². The van der Waals surface area contributed by atoms with Gasteiger partial charge in [-0.25, -0.2) is 15.0 Å². The Morgan fingerprint density at radius 1 is 0.444 bits per heavy atom. The van der Waals surface area contributed by atoms with Crippen LogP contribution in [0.1, 0.15) is 72.3 Å². The second kappa shape index (κ2) is 7.69. The van der Waals surface area contributed by atoms with Gasteiger partial charge in [-0.2, -0.15) is 0 Å². The summed E-state index contributed by atoms with van der Waals surface area (Å²) in [6, 6.07) is 34.7. The van der Waals surface area contributed by atoms with Crippen LogP contribution in [-0.4, -0.2) is 15.0 Å². The lowest BCUT2D eigenvalue weighted by molar-refractivity contribution is 0.527. The molecule has 4 aromatic carbocycles. The number of benzene rings is 4. The summed E-state index contributed by atoms with van der Waals surface area (Å²) in [4.78, 5) is 15.6. The van der Waals surface area contributed by atoms with Crippen LogP contribution in [0.3, 0.4) is 0 Å². The molecule has 0 saturated carbocycles. The van der Waals surface area contributed by atoms with Gasteiger partial charge in [0.05, 0.1) is 11.8 Å². The topological polar surface area (TPSA) is 38.7 Å². The highest BCUT2D eigenvalue weighted by Crippen LogP contribution is 2.49. The van der Waals surface area contributed by atoms with Crippen LogP contribution in [0.2, 0.25) is 0 Å². The largest absolute Gasteiger partial charge is 0.216 e. The first-order valence-corrected chi connectivity index (χ1v) is 12.6. The summed E-state index contributed by atoms with van der Waals surface area (Å²) in [6.07, 6.45) is 0. The van der Waals surface area contributed by atoms with Gasteiger partial charge in [-0.15, -0.1) is 0 Å². The minimum Gasteiger partial charge on any atom is -0.216 e. The average molecular weight is 466 g/mol. The normalized spacial score (nSPS) is 14.3. The molecule has 1 heterocycles. The van der Waals surface area contributed by atoms with Crippen molar-refractivity contribution < 1.29 is 0 Å². The fourth-order valence-corrected chi connectivity index (χ4v) is 5.87. The molecule has 0 spiro atoms. The number of hydrogen-bond donors (Lipinski definition) is 0. The van der Waals surface area contributed by atoms with Crippen molar-refractivity contribution in [3.63, 3.8) is 0 Å². The molecule has 0 amide bonds. The quantitative estimate of drug-likeness (QED) is 0.265. The van der Waals surface area contributed by atoms with Crippen LogP contribution in [0.25, 0.3) is 22.3 Å². The van der Waals surface area contributed by atoms with Crippen LogP contribution < -0.4 is 0 Å². The summed E-state index contributed by atoms with van der Waals surface area (Å²) < 4.78 is 0. The highest BCUT2D eigenvalue weighted by Gasteiger charge is 2.36. The van der Waals surface area contributed by atoms with Crippen molar-refractivity contribution in [1.29, 1.82) is 0 Å². The molecule has 174 valence electrons. The summed E-state index contributed by atoms with van der Waals surface area (Å²) in [5, 5.41) is 0.